The van der Waals surface area contributed by atoms with E-state index in [1.807, 2.05) is 0 Å². The molecule has 1 aliphatic heterocycles. The smallest absolute Gasteiger partial charge is 0.0133 e. The van der Waals surface area contributed by atoms with Crippen LogP contribution in [0.1, 0.15) is 52.2 Å². The molecule has 2 atom stereocenters. The number of hydrogen-bond donors (Lipinski definition) is 1. The molecule has 1 heterocycles. The molecular weight excluding hydrogens is 206 g/mol. The van der Waals surface area contributed by atoms with Crippen molar-refractivity contribution < 1.29 is 0 Å². The second kappa shape index (κ2) is 4.13. The first kappa shape index (κ1) is 12.6. The van der Waals surface area contributed by atoms with Crippen LogP contribution < -0.4 is 5.32 Å². The quantitative estimate of drug-likeness (QED) is 0.778. The van der Waals surface area contributed by atoms with Crippen LogP contribution in [-0.2, 0) is 10.8 Å². The molecule has 0 saturated carbocycles. The van der Waals surface area contributed by atoms with Crippen molar-refractivity contribution in [2.45, 2.75) is 57.9 Å². The topological polar surface area (TPSA) is 12.0 Å². The summed E-state index contributed by atoms with van der Waals surface area (Å²) in [5.74, 6) is 0. The predicted octanol–water partition coefficient (Wildman–Crippen LogP) is 3.62. The summed E-state index contributed by atoms with van der Waals surface area (Å²) in [6.45, 7) is 12.6. The highest BCUT2D eigenvalue weighted by molar-refractivity contribution is 5.34. The number of nitrogens with one attached hydrogen (secondary N) is 1. The van der Waals surface area contributed by atoms with Gasteiger partial charge in [-0.1, -0.05) is 52.0 Å². The minimum absolute atomic E-state index is 0.249. The Bertz CT molecular complexity index is 385. The highest BCUT2D eigenvalue weighted by atomic mass is 15.0. The van der Waals surface area contributed by atoms with Crippen molar-refractivity contribution in [3.8, 4) is 0 Å². The van der Waals surface area contributed by atoms with Crippen LogP contribution in [0.2, 0.25) is 0 Å². The molecule has 2 rings (SSSR count). The molecule has 0 radical (unpaired) electrons. The van der Waals surface area contributed by atoms with Crippen molar-refractivity contribution in [3.05, 3.63) is 35.4 Å². The number of rotatable bonds is 1. The summed E-state index contributed by atoms with van der Waals surface area (Å²) in [6.07, 6.45) is 1.24. The fourth-order valence-corrected chi connectivity index (χ4v) is 2.74. The van der Waals surface area contributed by atoms with Gasteiger partial charge < -0.3 is 5.32 Å². The van der Waals surface area contributed by atoms with Gasteiger partial charge >= 0.3 is 0 Å². The Labute approximate surface area is 106 Å². The largest absolute Gasteiger partial charge is 0.313 e. The van der Waals surface area contributed by atoms with Gasteiger partial charge in [0.1, 0.15) is 0 Å². The van der Waals surface area contributed by atoms with Crippen LogP contribution in [0.3, 0.4) is 0 Å². The first-order chi connectivity index (χ1) is 7.84. The van der Waals surface area contributed by atoms with E-state index in [2.05, 4.69) is 64.2 Å². The van der Waals surface area contributed by atoms with Gasteiger partial charge in [0.15, 0.2) is 0 Å². The van der Waals surface area contributed by atoms with Gasteiger partial charge in [0.25, 0.3) is 0 Å². The zero-order chi connectivity index (χ0) is 12.7. The molecule has 0 aliphatic carbocycles. The lowest BCUT2D eigenvalue weighted by Gasteiger charge is -2.30. The van der Waals surface area contributed by atoms with E-state index in [0.29, 0.717) is 11.5 Å². The average molecular weight is 231 g/mol. The Morgan fingerprint density at radius 3 is 2.18 bits per heavy atom. The Hall–Kier alpha value is -0.820. The summed E-state index contributed by atoms with van der Waals surface area (Å²) in [5, 5.41) is 3.55. The zero-order valence-corrected chi connectivity index (χ0v) is 11.8. The molecule has 1 fully saturated rings. The lowest BCUT2D eigenvalue weighted by atomic mass is 9.75. The molecule has 1 aromatic rings. The third-order valence-electron chi connectivity index (χ3n) is 4.46. The van der Waals surface area contributed by atoms with Crippen molar-refractivity contribution in [2.24, 2.45) is 0 Å². The molecule has 2 unspecified atom stereocenters. The van der Waals surface area contributed by atoms with Crippen LogP contribution in [0.15, 0.2) is 24.3 Å². The summed E-state index contributed by atoms with van der Waals surface area (Å²) in [6, 6.07) is 9.81. The van der Waals surface area contributed by atoms with Crippen LogP contribution >= 0.6 is 0 Å². The zero-order valence-electron chi connectivity index (χ0n) is 11.8. The molecule has 0 amide bonds. The second-order valence-electron chi connectivity index (χ2n) is 6.67. The van der Waals surface area contributed by atoms with Crippen LogP contribution in [0.25, 0.3) is 0 Å². The molecule has 1 aromatic carbocycles. The van der Waals surface area contributed by atoms with Crippen molar-refractivity contribution >= 4 is 0 Å². The Morgan fingerprint density at radius 2 is 1.76 bits per heavy atom. The average Bonchev–Trinajstić information content (AvgIpc) is 2.60. The maximum atomic E-state index is 3.55. The molecule has 1 nitrogen and oxygen atoms in total. The molecule has 17 heavy (non-hydrogen) atoms. The van der Waals surface area contributed by atoms with Crippen LogP contribution in [-0.4, -0.2) is 12.6 Å². The summed E-state index contributed by atoms with van der Waals surface area (Å²) in [7, 11) is 0. The molecule has 1 saturated heterocycles. The van der Waals surface area contributed by atoms with Gasteiger partial charge in [-0.2, -0.15) is 0 Å². The van der Waals surface area contributed by atoms with Crippen LogP contribution in [0, 0.1) is 0 Å². The molecule has 0 bridgehead atoms. The van der Waals surface area contributed by atoms with Crippen LogP contribution in [0.4, 0.5) is 0 Å². The van der Waals surface area contributed by atoms with E-state index in [4.69, 9.17) is 0 Å². The van der Waals surface area contributed by atoms with Gasteiger partial charge in [0, 0.05) is 11.5 Å². The standard InChI is InChI=1S/C16H25N/c1-12-16(5,10-11-17-12)14-8-6-13(7-9-14)15(2,3)4/h6-9,12,17H,10-11H2,1-5H3. The first-order valence-corrected chi connectivity index (χ1v) is 6.68. The Morgan fingerprint density at radius 1 is 1.18 bits per heavy atom. The van der Waals surface area contributed by atoms with E-state index >= 15 is 0 Å². The normalized spacial score (nSPS) is 29.6. The lowest BCUT2D eigenvalue weighted by Crippen LogP contribution is -2.35. The molecule has 94 valence electrons. The van der Waals surface area contributed by atoms with E-state index in [9.17, 15) is 0 Å². The lowest BCUT2D eigenvalue weighted by molar-refractivity contribution is 0.427. The first-order valence-electron chi connectivity index (χ1n) is 6.68. The summed E-state index contributed by atoms with van der Waals surface area (Å²) in [4.78, 5) is 0. The van der Waals surface area contributed by atoms with Gasteiger partial charge in [-0.3, -0.25) is 0 Å². The summed E-state index contributed by atoms with van der Waals surface area (Å²) < 4.78 is 0. The molecule has 1 N–H and O–H groups in total. The van der Waals surface area contributed by atoms with E-state index in [-0.39, 0.29) is 5.41 Å². The highest BCUT2D eigenvalue weighted by Gasteiger charge is 2.37. The van der Waals surface area contributed by atoms with E-state index in [0.717, 1.165) is 6.54 Å². The number of benzene rings is 1. The molecular formula is C16H25N. The Balaban J connectivity index is 2.30. The highest BCUT2D eigenvalue weighted by Crippen LogP contribution is 2.35. The van der Waals surface area contributed by atoms with Gasteiger partial charge in [0.05, 0.1) is 0 Å². The van der Waals surface area contributed by atoms with E-state index < -0.39 is 0 Å². The number of hydrogen-bond acceptors (Lipinski definition) is 1. The van der Waals surface area contributed by atoms with Gasteiger partial charge in [-0.15, -0.1) is 0 Å². The van der Waals surface area contributed by atoms with Gasteiger partial charge in [-0.25, -0.2) is 0 Å². The fraction of sp³-hybridized carbons (Fsp3) is 0.625. The maximum absolute atomic E-state index is 3.55. The minimum atomic E-state index is 0.249. The molecule has 1 aliphatic rings. The van der Waals surface area contributed by atoms with Crippen LogP contribution in [0.5, 0.6) is 0 Å². The van der Waals surface area contributed by atoms with Gasteiger partial charge in [-0.05, 0) is 36.4 Å². The minimum Gasteiger partial charge on any atom is -0.313 e. The SMILES string of the molecule is CC1NCCC1(C)c1ccc(C(C)(C)C)cc1. The van der Waals surface area contributed by atoms with Crippen molar-refractivity contribution in [2.75, 3.05) is 6.54 Å². The van der Waals surface area contributed by atoms with Crippen molar-refractivity contribution in [1.82, 2.24) is 5.32 Å². The maximum Gasteiger partial charge on any atom is 0.0133 e. The molecule has 0 aromatic heterocycles. The molecule has 1 heteroatoms. The summed E-state index contributed by atoms with van der Waals surface area (Å²) in [5.41, 5.74) is 3.45. The van der Waals surface area contributed by atoms with Gasteiger partial charge in [0.2, 0.25) is 0 Å². The van der Waals surface area contributed by atoms with E-state index in [1.54, 1.807) is 0 Å². The second-order valence-corrected chi connectivity index (χ2v) is 6.67. The van der Waals surface area contributed by atoms with Crippen molar-refractivity contribution in [1.29, 1.82) is 0 Å². The summed E-state index contributed by atoms with van der Waals surface area (Å²) >= 11 is 0. The fourth-order valence-electron chi connectivity index (χ4n) is 2.74. The third-order valence-corrected chi connectivity index (χ3v) is 4.46. The predicted molar refractivity (Wildman–Crippen MR) is 74.6 cm³/mol. The van der Waals surface area contributed by atoms with Crippen molar-refractivity contribution in [3.63, 3.8) is 0 Å². The third kappa shape index (κ3) is 2.26. The van der Waals surface area contributed by atoms with E-state index in [1.165, 1.54) is 17.5 Å². The molecule has 0 spiro atoms. The monoisotopic (exact) mass is 231 g/mol. The Kier molecular flexibility index (Phi) is 3.07.